The van der Waals surface area contributed by atoms with Crippen molar-refractivity contribution in [3.05, 3.63) is 69.4 Å². The van der Waals surface area contributed by atoms with Crippen molar-refractivity contribution < 1.29 is 9.34 Å². The molecule has 1 aromatic heterocycles. The van der Waals surface area contributed by atoms with Gasteiger partial charge in [-0.05, 0) is 24.3 Å². The molecule has 0 unspecified atom stereocenters. The number of nitrogens with zero attached hydrogens (tertiary/aromatic N) is 3. The van der Waals surface area contributed by atoms with Gasteiger partial charge in [0.15, 0.2) is 0 Å². The highest BCUT2D eigenvalue weighted by Gasteiger charge is 2.16. The van der Waals surface area contributed by atoms with Gasteiger partial charge in [0.2, 0.25) is 17.5 Å². The van der Waals surface area contributed by atoms with E-state index in [0.717, 1.165) is 4.90 Å². The number of aromatic nitrogens is 1. The van der Waals surface area contributed by atoms with Crippen LogP contribution in [0.2, 0.25) is 5.02 Å². The second-order valence-corrected chi connectivity index (χ2v) is 6.89. The van der Waals surface area contributed by atoms with E-state index >= 15 is 0 Å². The first kappa shape index (κ1) is 18.8. The molecule has 0 amide bonds. The van der Waals surface area contributed by atoms with Crippen molar-refractivity contribution in [1.29, 1.82) is 5.26 Å². The van der Waals surface area contributed by atoms with Crippen LogP contribution in [0.3, 0.4) is 0 Å². The zero-order valence-electron chi connectivity index (χ0n) is 13.9. The highest BCUT2D eigenvalue weighted by Crippen LogP contribution is 2.30. The van der Waals surface area contributed by atoms with Crippen molar-refractivity contribution in [2.75, 3.05) is 17.6 Å². The number of hydrogen-bond donors (Lipinski definition) is 1. The first-order chi connectivity index (χ1) is 13.1. The molecule has 0 fully saturated rings. The molecule has 0 aliphatic carbocycles. The molecule has 0 bridgehead atoms. The Morgan fingerprint density at radius 1 is 1.26 bits per heavy atom. The Bertz CT molecular complexity index is 999. The van der Waals surface area contributed by atoms with Crippen LogP contribution in [0.4, 0.5) is 11.6 Å². The number of rotatable bonds is 7. The van der Waals surface area contributed by atoms with E-state index in [-0.39, 0.29) is 23.2 Å². The van der Waals surface area contributed by atoms with Crippen LogP contribution in [-0.2, 0) is 0 Å². The summed E-state index contributed by atoms with van der Waals surface area (Å²) in [4.78, 5) is 15.3. The number of anilines is 1. The molecule has 3 aromatic rings. The Kier molecular flexibility index (Phi) is 5.96. The monoisotopic (exact) mass is 400 g/mol. The molecule has 2 aromatic carbocycles. The fourth-order valence-electron chi connectivity index (χ4n) is 2.26. The number of nitro benzene ring substituents is 1. The largest absolute Gasteiger partial charge is 0.419 e. The van der Waals surface area contributed by atoms with E-state index in [4.69, 9.17) is 16.0 Å². The lowest BCUT2D eigenvalue weighted by Gasteiger charge is -2.03. The predicted octanol–water partition coefficient (Wildman–Crippen LogP) is 4.98. The molecule has 0 aliphatic rings. The van der Waals surface area contributed by atoms with E-state index in [1.807, 2.05) is 12.1 Å². The predicted molar refractivity (Wildman–Crippen MR) is 104 cm³/mol. The Morgan fingerprint density at radius 2 is 2.00 bits per heavy atom. The summed E-state index contributed by atoms with van der Waals surface area (Å²) in [5, 5.41) is 23.4. The minimum atomic E-state index is -0.431. The van der Waals surface area contributed by atoms with Crippen LogP contribution >= 0.6 is 23.4 Å². The quantitative estimate of drug-likeness (QED) is 0.258. The normalized spacial score (nSPS) is 10.4. The van der Waals surface area contributed by atoms with Crippen molar-refractivity contribution in [2.45, 2.75) is 4.90 Å². The van der Waals surface area contributed by atoms with Gasteiger partial charge in [0.1, 0.15) is 6.07 Å². The molecule has 27 heavy (non-hydrogen) atoms. The summed E-state index contributed by atoms with van der Waals surface area (Å²) in [7, 11) is 0. The van der Waals surface area contributed by atoms with Gasteiger partial charge in [-0.15, -0.1) is 11.8 Å². The molecule has 7 nitrogen and oxygen atoms in total. The number of oxazole rings is 1. The molecular formula is C18H13ClN4O3S. The maximum atomic E-state index is 10.7. The third-order valence-corrected chi connectivity index (χ3v) is 4.88. The number of hydrogen-bond acceptors (Lipinski definition) is 7. The minimum absolute atomic E-state index is 0.0601. The maximum absolute atomic E-state index is 10.7. The van der Waals surface area contributed by atoms with E-state index in [2.05, 4.69) is 10.3 Å². The standard InChI is InChI=1S/C18H13ClN4O3S/c19-15-4-2-1-3-14(15)17-22-16(11-20)18(26-17)21-9-10-27-13-7-5-12(6-8-13)23(24)25/h1-8,21H,9-10H2. The Labute approximate surface area is 164 Å². The number of thioether (sulfide) groups is 1. The fourth-order valence-corrected chi connectivity index (χ4v) is 3.25. The number of benzene rings is 2. The van der Waals surface area contributed by atoms with Gasteiger partial charge < -0.3 is 9.73 Å². The Hall–Kier alpha value is -3.02. The van der Waals surface area contributed by atoms with Crippen LogP contribution in [0.25, 0.3) is 11.5 Å². The van der Waals surface area contributed by atoms with Gasteiger partial charge in [-0.3, -0.25) is 10.1 Å². The van der Waals surface area contributed by atoms with Gasteiger partial charge in [0.05, 0.1) is 15.5 Å². The number of halogens is 1. The second-order valence-electron chi connectivity index (χ2n) is 5.31. The van der Waals surface area contributed by atoms with E-state index in [9.17, 15) is 15.4 Å². The summed E-state index contributed by atoms with van der Waals surface area (Å²) in [6.07, 6.45) is 0. The lowest BCUT2D eigenvalue weighted by molar-refractivity contribution is -0.384. The van der Waals surface area contributed by atoms with Gasteiger partial charge >= 0.3 is 0 Å². The molecule has 0 atom stereocenters. The summed E-state index contributed by atoms with van der Waals surface area (Å²) in [5.41, 5.74) is 0.833. The molecule has 1 N–H and O–H groups in total. The van der Waals surface area contributed by atoms with Gasteiger partial charge in [-0.2, -0.15) is 10.2 Å². The SMILES string of the molecule is N#Cc1nc(-c2ccccc2Cl)oc1NCCSc1ccc([N+](=O)[O-])cc1. The number of non-ortho nitro benzene ring substituents is 1. The molecule has 0 saturated heterocycles. The third-order valence-electron chi connectivity index (χ3n) is 3.54. The molecule has 0 saturated carbocycles. The molecule has 0 aliphatic heterocycles. The van der Waals surface area contributed by atoms with Crippen LogP contribution in [0.1, 0.15) is 5.69 Å². The van der Waals surface area contributed by atoms with Crippen LogP contribution in [0.5, 0.6) is 0 Å². The fraction of sp³-hybridized carbons (Fsp3) is 0.111. The lowest BCUT2D eigenvalue weighted by atomic mass is 10.2. The molecular weight excluding hydrogens is 388 g/mol. The first-order valence-corrected chi connectivity index (χ1v) is 9.22. The molecule has 0 spiro atoms. The third kappa shape index (κ3) is 4.58. The van der Waals surface area contributed by atoms with Crippen molar-refractivity contribution >= 4 is 34.9 Å². The zero-order chi connectivity index (χ0) is 19.2. The van der Waals surface area contributed by atoms with Gasteiger partial charge in [0, 0.05) is 29.3 Å². The van der Waals surface area contributed by atoms with Gasteiger partial charge in [-0.25, -0.2) is 0 Å². The molecule has 3 rings (SSSR count). The van der Waals surface area contributed by atoms with Crippen LogP contribution in [0.15, 0.2) is 57.8 Å². The topological polar surface area (TPSA) is 105 Å². The summed E-state index contributed by atoms with van der Waals surface area (Å²) in [6.45, 7) is 0.521. The highest BCUT2D eigenvalue weighted by atomic mass is 35.5. The smallest absolute Gasteiger partial charge is 0.269 e. The summed E-state index contributed by atoms with van der Waals surface area (Å²) in [5.74, 6) is 1.24. The Balaban J connectivity index is 1.60. The van der Waals surface area contributed by atoms with Crippen LogP contribution in [0, 0.1) is 21.4 Å². The average molecular weight is 401 g/mol. The molecule has 1 heterocycles. The van der Waals surface area contributed by atoms with Crippen molar-refractivity contribution in [1.82, 2.24) is 4.98 Å². The average Bonchev–Trinajstić information content (AvgIpc) is 3.09. The number of nitro groups is 1. The van der Waals surface area contributed by atoms with Crippen molar-refractivity contribution in [2.24, 2.45) is 0 Å². The van der Waals surface area contributed by atoms with E-state index < -0.39 is 4.92 Å². The Morgan fingerprint density at radius 3 is 2.67 bits per heavy atom. The summed E-state index contributed by atoms with van der Waals surface area (Å²) >= 11 is 7.67. The van der Waals surface area contributed by atoms with Crippen LogP contribution < -0.4 is 5.32 Å². The van der Waals surface area contributed by atoms with Crippen molar-refractivity contribution in [3.8, 4) is 17.5 Å². The van der Waals surface area contributed by atoms with Crippen LogP contribution in [-0.4, -0.2) is 22.2 Å². The number of nitriles is 1. The van der Waals surface area contributed by atoms with Gasteiger partial charge in [-0.1, -0.05) is 23.7 Å². The second kappa shape index (κ2) is 8.58. The van der Waals surface area contributed by atoms with Gasteiger partial charge in [0.25, 0.3) is 5.69 Å². The molecule has 9 heteroatoms. The highest BCUT2D eigenvalue weighted by molar-refractivity contribution is 7.99. The van der Waals surface area contributed by atoms with E-state index in [1.54, 1.807) is 30.3 Å². The van der Waals surface area contributed by atoms with E-state index in [1.165, 1.54) is 23.9 Å². The molecule has 136 valence electrons. The molecule has 0 radical (unpaired) electrons. The summed E-state index contributed by atoms with van der Waals surface area (Å²) in [6, 6.07) is 15.4. The van der Waals surface area contributed by atoms with Crippen molar-refractivity contribution in [3.63, 3.8) is 0 Å². The lowest BCUT2D eigenvalue weighted by Crippen LogP contribution is -2.04. The summed E-state index contributed by atoms with van der Waals surface area (Å²) < 4.78 is 5.65. The zero-order valence-corrected chi connectivity index (χ0v) is 15.5. The maximum Gasteiger partial charge on any atom is 0.269 e. The van der Waals surface area contributed by atoms with E-state index in [0.29, 0.717) is 22.9 Å². The number of nitrogens with one attached hydrogen (secondary N) is 1. The minimum Gasteiger partial charge on any atom is -0.419 e. The first-order valence-electron chi connectivity index (χ1n) is 7.85.